The van der Waals surface area contributed by atoms with Crippen molar-refractivity contribution in [2.24, 2.45) is 5.92 Å². The topological polar surface area (TPSA) is 75.4 Å². The number of nitrogens with zero attached hydrogens (tertiary/aromatic N) is 3. The molecular formula is C15H23N3O3. The van der Waals surface area contributed by atoms with Gasteiger partial charge in [-0.2, -0.15) is 5.10 Å². The fourth-order valence-corrected chi connectivity index (χ4v) is 2.29. The summed E-state index contributed by atoms with van der Waals surface area (Å²) in [4.78, 5) is 25.1. The Labute approximate surface area is 124 Å². The van der Waals surface area contributed by atoms with Crippen molar-refractivity contribution >= 4 is 11.9 Å². The highest BCUT2D eigenvalue weighted by Crippen LogP contribution is 2.30. The highest BCUT2D eigenvalue weighted by atomic mass is 16.4. The van der Waals surface area contributed by atoms with Gasteiger partial charge >= 0.3 is 5.97 Å². The number of carboxylic acid groups (broad SMARTS) is 1. The lowest BCUT2D eigenvalue weighted by Crippen LogP contribution is -2.38. The van der Waals surface area contributed by atoms with E-state index in [4.69, 9.17) is 5.11 Å². The minimum atomic E-state index is -0.976. The van der Waals surface area contributed by atoms with E-state index in [0.29, 0.717) is 24.7 Å². The number of carbonyl (C=O) groups excluding carboxylic acids is 1. The zero-order valence-electron chi connectivity index (χ0n) is 12.9. The van der Waals surface area contributed by atoms with Gasteiger partial charge in [0.2, 0.25) is 0 Å². The van der Waals surface area contributed by atoms with Crippen LogP contribution in [0.4, 0.5) is 0 Å². The Morgan fingerprint density at radius 1 is 1.48 bits per heavy atom. The maximum Gasteiger partial charge on any atom is 0.323 e. The van der Waals surface area contributed by atoms with Crippen molar-refractivity contribution in [1.29, 1.82) is 0 Å². The van der Waals surface area contributed by atoms with Crippen LogP contribution in [0, 0.1) is 5.92 Å². The monoisotopic (exact) mass is 293 g/mol. The summed E-state index contributed by atoms with van der Waals surface area (Å²) in [6.07, 6.45) is 2.15. The van der Waals surface area contributed by atoms with Gasteiger partial charge < -0.3 is 10.0 Å². The molecule has 0 bridgehead atoms. The van der Waals surface area contributed by atoms with E-state index in [-0.39, 0.29) is 18.4 Å². The molecule has 0 radical (unpaired) electrons. The summed E-state index contributed by atoms with van der Waals surface area (Å²) in [5.74, 6) is -0.516. The molecule has 2 rings (SSSR count). The highest BCUT2D eigenvalue weighted by molar-refractivity contribution is 5.94. The predicted molar refractivity (Wildman–Crippen MR) is 78.3 cm³/mol. The Kier molecular flexibility index (Phi) is 4.65. The van der Waals surface area contributed by atoms with Gasteiger partial charge in [0.15, 0.2) is 0 Å². The predicted octanol–water partition coefficient (Wildman–Crippen LogP) is 1.96. The molecule has 0 saturated heterocycles. The van der Waals surface area contributed by atoms with Gasteiger partial charge in [-0.1, -0.05) is 13.8 Å². The Morgan fingerprint density at radius 2 is 2.14 bits per heavy atom. The van der Waals surface area contributed by atoms with Crippen molar-refractivity contribution in [3.63, 3.8) is 0 Å². The summed E-state index contributed by atoms with van der Waals surface area (Å²) in [5, 5.41) is 13.4. The maximum atomic E-state index is 12.7. The van der Waals surface area contributed by atoms with Crippen LogP contribution in [0.2, 0.25) is 0 Å². The number of hydrogen-bond acceptors (Lipinski definition) is 3. The number of rotatable bonds is 7. The zero-order chi connectivity index (χ0) is 15.6. The number of carbonyl (C=O) groups is 2. The Hall–Kier alpha value is -1.85. The van der Waals surface area contributed by atoms with E-state index in [1.165, 1.54) is 4.90 Å². The molecule has 0 atom stereocenters. The molecule has 1 aromatic heterocycles. The molecular weight excluding hydrogens is 270 g/mol. The number of aliphatic carboxylic acids is 1. The van der Waals surface area contributed by atoms with Crippen molar-refractivity contribution in [3.8, 4) is 0 Å². The van der Waals surface area contributed by atoms with Crippen LogP contribution in [0.15, 0.2) is 6.07 Å². The van der Waals surface area contributed by atoms with Crippen LogP contribution in [0.5, 0.6) is 0 Å². The molecule has 1 N–H and O–H groups in total. The van der Waals surface area contributed by atoms with Crippen LogP contribution in [-0.4, -0.2) is 44.8 Å². The number of hydrogen-bond donors (Lipinski definition) is 1. The van der Waals surface area contributed by atoms with Gasteiger partial charge in [0.05, 0.1) is 5.69 Å². The first kappa shape index (κ1) is 15.5. The summed E-state index contributed by atoms with van der Waals surface area (Å²) in [7, 11) is 0. The average molecular weight is 293 g/mol. The van der Waals surface area contributed by atoms with Crippen molar-refractivity contribution < 1.29 is 14.7 Å². The molecule has 116 valence electrons. The molecule has 6 heteroatoms. The van der Waals surface area contributed by atoms with E-state index >= 15 is 0 Å². The maximum absolute atomic E-state index is 12.7. The molecule has 1 aliphatic rings. The molecule has 1 heterocycles. The first-order valence-corrected chi connectivity index (χ1v) is 7.51. The Balaban J connectivity index is 2.23. The van der Waals surface area contributed by atoms with Gasteiger partial charge in [-0.25, -0.2) is 0 Å². The summed E-state index contributed by atoms with van der Waals surface area (Å²) in [6.45, 7) is 6.85. The lowest BCUT2D eigenvalue weighted by Gasteiger charge is -2.20. The van der Waals surface area contributed by atoms with Gasteiger partial charge in [0.1, 0.15) is 12.2 Å². The van der Waals surface area contributed by atoms with E-state index < -0.39 is 5.97 Å². The molecule has 6 nitrogen and oxygen atoms in total. The van der Waals surface area contributed by atoms with E-state index in [2.05, 4.69) is 5.10 Å². The molecule has 0 aromatic carbocycles. The van der Waals surface area contributed by atoms with E-state index in [0.717, 1.165) is 18.5 Å². The van der Waals surface area contributed by atoms with Crippen LogP contribution in [-0.2, 0) is 11.3 Å². The summed E-state index contributed by atoms with van der Waals surface area (Å²) < 4.78 is 1.67. The molecule has 0 unspecified atom stereocenters. The van der Waals surface area contributed by atoms with Gasteiger partial charge in [-0.3, -0.25) is 14.3 Å². The third-order valence-electron chi connectivity index (χ3n) is 3.70. The van der Waals surface area contributed by atoms with E-state index in [9.17, 15) is 9.59 Å². The van der Waals surface area contributed by atoms with Crippen molar-refractivity contribution in [2.45, 2.75) is 46.1 Å². The first-order chi connectivity index (χ1) is 9.92. The molecule has 0 aliphatic heterocycles. The third kappa shape index (κ3) is 3.83. The molecule has 1 fully saturated rings. The fraction of sp³-hybridized carbons (Fsp3) is 0.667. The fourth-order valence-electron chi connectivity index (χ4n) is 2.29. The molecule has 1 saturated carbocycles. The van der Waals surface area contributed by atoms with Crippen LogP contribution >= 0.6 is 0 Å². The molecule has 1 aromatic rings. The van der Waals surface area contributed by atoms with E-state index in [1.807, 2.05) is 20.8 Å². The Bertz CT molecular complexity index is 532. The Morgan fingerprint density at radius 3 is 2.62 bits per heavy atom. The van der Waals surface area contributed by atoms with Crippen LogP contribution in [0.1, 0.15) is 55.7 Å². The standard InChI is InChI=1S/C15H23N3O3/c1-4-18-13(7-12(16-18)10(2)3)15(21)17(9-14(19)20)8-11-5-6-11/h7,10-11H,4-6,8-9H2,1-3H3,(H,19,20). The lowest BCUT2D eigenvalue weighted by atomic mass is 10.1. The molecule has 1 amide bonds. The number of carboxylic acids is 1. The quantitative estimate of drug-likeness (QED) is 0.834. The number of aryl methyl sites for hydroxylation is 1. The number of amides is 1. The van der Waals surface area contributed by atoms with Gasteiger partial charge in [0.25, 0.3) is 5.91 Å². The van der Waals surface area contributed by atoms with Gasteiger partial charge in [-0.05, 0) is 37.7 Å². The largest absolute Gasteiger partial charge is 0.480 e. The van der Waals surface area contributed by atoms with Crippen LogP contribution < -0.4 is 0 Å². The van der Waals surface area contributed by atoms with Crippen molar-refractivity contribution in [1.82, 2.24) is 14.7 Å². The molecule has 1 aliphatic carbocycles. The highest BCUT2D eigenvalue weighted by Gasteiger charge is 2.30. The van der Waals surface area contributed by atoms with Crippen molar-refractivity contribution in [2.75, 3.05) is 13.1 Å². The average Bonchev–Trinajstić information content (AvgIpc) is 3.12. The van der Waals surface area contributed by atoms with Gasteiger partial charge in [-0.15, -0.1) is 0 Å². The zero-order valence-corrected chi connectivity index (χ0v) is 12.9. The lowest BCUT2D eigenvalue weighted by molar-refractivity contribution is -0.137. The normalized spacial score (nSPS) is 14.5. The second-order valence-corrected chi connectivity index (χ2v) is 5.95. The number of aromatic nitrogens is 2. The summed E-state index contributed by atoms with van der Waals surface area (Å²) in [5.41, 5.74) is 1.35. The minimum absolute atomic E-state index is 0.231. The first-order valence-electron chi connectivity index (χ1n) is 7.51. The van der Waals surface area contributed by atoms with Crippen LogP contribution in [0.3, 0.4) is 0 Å². The van der Waals surface area contributed by atoms with E-state index in [1.54, 1.807) is 10.7 Å². The second-order valence-electron chi connectivity index (χ2n) is 5.95. The smallest absolute Gasteiger partial charge is 0.323 e. The SMILES string of the molecule is CCn1nc(C(C)C)cc1C(=O)N(CC(=O)O)CC1CC1. The third-order valence-corrected chi connectivity index (χ3v) is 3.70. The van der Waals surface area contributed by atoms with Gasteiger partial charge in [0, 0.05) is 13.1 Å². The summed E-state index contributed by atoms with van der Waals surface area (Å²) >= 11 is 0. The van der Waals surface area contributed by atoms with Crippen molar-refractivity contribution in [3.05, 3.63) is 17.5 Å². The second kappa shape index (κ2) is 6.28. The molecule has 21 heavy (non-hydrogen) atoms. The summed E-state index contributed by atoms with van der Waals surface area (Å²) in [6, 6.07) is 1.79. The van der Waals surface area contributed by atoms with Crippen LogP contribution in [0.25, 0.3) is 0 Å². The minimum Gasteiger partial charge on any atom is -0.480 e. The molecule has 0 spiro atoms.